The summed E-state index contributed by atoms with van der Waals surface area (Å²) in [6.45, 7) is 6.57. The van der Waals surface area contributed by atoms with Gasteiger partial charge < -0.3 is 10.6 Å². The molecule has 1 unspecified atom stereocenters. The summed E-state index contributed by atoms with van der Waals surface area (Å²) in [4.78, 5) is 16.6. The molecule has 0 spiro atoms. The van der Waals surface area contributed by atoms with E-state index in [4.69, 9.17) is 0 Å². The minimum atomic E-state index is -0.0389. The molecule has 0 bridgehead atoms. The van der Waals surface area contributed by atoms with Crippen molar-refractivity contribution in [3.8, 4) is 5.13 Å². The predicted molar refractivity (Wildman–Crippen MR) is 96.3 cm³/mol. The lowest BCUT2D eigenvalue weighted by Gasteiger charge is -2.11. The van der Waals surface area contributed by atoms with E-state index in [2.05, 4.69) is 15.6 Å². The summed E-state index contributed by atoms with van der Waals surface area (Å²) in [5, 5.41) is 8.87. The van der Waals surface area contributed by atoms with E-state index in [1.54, 1.807) is 17.5 Å². The number of halogens is 2. The van der Waals surface area contributed by atoms with Crippen LogP contribution in [-0.2, 0) is 0 Å². The van der Waals surface area contributed by atoms with E-state index in [1.165, 1.54) is 0 Å². The number of likely N-dealkylation sites (N-methyl/N-ethyl adjacent to an activating group) is 1. The van der Waals surface area contributed by atoms with Gasteiger partial charge in [0.1, 0.15) is 0 Å². The molecule has 0 aliphatic heterocycles. The fourth-order valence-electron chi connectivity index (χ4n) is 2.06. The average Bonchev–Trinajstić information content (AvgIpc) is 3.03. The van der Waals surface area contributed by atoms with E-state index >= 15 is 0 Å². The van der Waals surface area contributed by atoms with Gasteiger partial charge in [-0.15, -0.1) is 36.2 Å². The summed E-state index contributed by atoms with van der Waals surface area (Å²) < 4.78 is 2.01. The van der Waals surface area contributed by atoms with Gasteiger partial charge in [0.25, 0.3) is 5.91 Å². The van der Waals surface area contributed by atoms with Crippen molar-refractivity contribution in [2.75, 3.05) is 13.6 Å². The highest BCUT2D eigenvalue weighted by atomic mass is 35.5. The molecule has 1 atom stereocenters. The molecule has 22 heavy (non-hydrogen) atoms. The summed E-state index contributed by atoms with van der Waals surface area (Å²) in [6.07, 6.45) is 1.77. The molecule has 2 N–H and O–H groups in total. The topological polar surface area (TPSA) is 58.9 Å². The number of rotatable bonds is 5. The first-order valence-electron chi connectivity index (χ1n) is 6.59. The monoisotopic (exact) mass is 364 g/mol. The van der Waals surface area contributed by atoms with Crippen LogP contribution in [0.25, 0.3) is 5.13 Å². The molecule has 124 valence electrons. The summed E-state index contributed by atoms with van der Waals surface area (Å²) in [6, 6.07) is 2.16. The summed E-state index contributed by atoms with van der Waals surface area (Å²) in [7, 11) is 1.88. The first-order chi connectivity index (χ1) is 9.54. The van der Waals surface area contributed by atoms with Gasteiger partial charge in [-0.1, -0.05) is 0 Å². The lowest BCUT2D eigenvalue weighted by Crippen LogP contribution is -2.37. The van der Waals surface area contributed by atoms with Crippen LogP contribution in [0.15, 0.2) is 17.6 Å². The summed E-state index contributed by atoms with van der Waals surface area (Å²) in [5.74, 6) is -0.0389. The second-order valence-electron chi connectivity index (χ2n) is 4.83. The van der Waals surface area contributed by atoms with E-state index in [0.29, 0.717) is 12.1 Å². The third-order valence-electron chi connectivity index (χ3n) is 3.35. The van der Waals surface area contributed by atoms with Gasteiger partial charge in [-0.2, -0.15) is 0 Å². The zero-order chi connectivity index (χ0) is 14.7. The van der Waals surface area contributed by atoms with Crippen LogP contribution in [0.1, 0.15) is 28.7 Å². The predicted octanol–water partition coefficient (Wildman–Crippen LogP) is 2.73. The number of hydrogen-bond donors (Lipinski definition) is 2. The minimum Gasteiger partial charge on any atom is -0.350 e. The van der Waals surface area contributed by atoms with Crippen LogP contribution in [0.5, 0.6) is 0 Å². The van der Waals surface area contributed by atoms with Gasteiger partial charge in [0, 0.05) is 35.6 Å². The molecule has 0 fully saturated rings. The highest BCUT2D eigenvalue weighted by Gasteiger charge is 2.17. The normalized spacial score (nSPS) is 11.3. The molecule has 0 aliphatic carbocycles. The van der Waals surface area contributed by atoms with Gasteiger partial charge >= 0.3 is 0 Å². The zero-order valence-electron chi connectivity index (χ0n) is 13.0. The number of thiazole rings is 1. The van der Waals surface area contributed by atoms with Gasteiger partial charge in [0.15, 0.2) is 5.13 Å². The Kier molecular flexibility index (Phi) is 8.70. The Bertz CT molecular complexity index is 598. The number of amides is 1. The van der Waals surface area contributed by atoms with Crippen molar-refractivity contribution in [2.45, 2.75) is 26.8 Å². The molecule has 0 aromatic carbocycles. The second kappa shape index (κ2) is 9.15. The fraction of sp³-hybridized carbons (Fsp3) is 0.429. The van der Waals surface area contributed by atoms with Crippen LogP contribution in [0.3, 0.4) is 0 Å². The third-order valence-corrected chi connectivity index (χ3v) is 4.10. The Labute approximate surface area is 147 Å². The van der Waals surface area contributed by atoms with Crippen LogP contribution in [0.2, 0.25) is 0 Å². The molecule has 2 aromatic rings. The Morgan fingerprint density at radius 3 is 2.64 bits per heavy atom. The van der Waals surface area contributed by atoms with Gasteiger partial charge in [0.2, 0.25) is 0 Å². The Morgan fingerprint density at radius 1 is 1.41 bits per heavy atom. The standard InChI is InChI=1S/C14H20N4OS.2ClH/c1-9(15-4)8-17-13(19)12-7-10(2)18(11(12)3)14-16-5-6-20-14;;/h5-7,9,15H,8H2,1-4H3,(H,17,19);2*1H. The molecule has 2 aromatic heterocycles. The van der Waals surface area contributed by atoms with Crippen molar-refractivity contribution in [2.24, 2.45) is 0 Å². The maximum atomic E-state index is 12.3. The largest absolute Gasteiger partial charge is 0.350 e. The lowest BCUT2D eigenvalue weighted by molar-refractivity contribution is 0.0950. The number of carbonyl (C=O) groups excluding carboxylic acids is 1. The number of hydrogen-bond acceptors (Lipinski definition) is 4. The average molecular weight is 365 g/mol. The van der Waals surface area contributed by atoms with E-state index in [-0.39, 0.29) is 36.8 Å². The van der Waals surface area contributed by atoms with E-state index in [0.717, 1.165) is 16.5 Å². The van der Waals surface area contributed by atoms with E-state index < -0.39 is 0 Å². The quantitative estimate of drug-likeness (QED) is 0.857. The molecule has 0 saturated carbocycles. The summed E-state index contributed by atoms with van der Waals surface area (Å²) in [5.41, 5.74) is 2.65. The highest BCUT2D eigenvalue weighted by Crippen LogP contribution is 2.22. The first kappa shape index (κ1) is 20.9. The SMILES string of the molecule is CNC(C)CNC(=O)c1cc(C)n(-c2nccs2)c1C.Cl.Cl. The zero-order valence-corrected chi connectivity index (χ0v) is 15.5. The maximum Gasteiger partial charge on any atom is 0.253 e. The van der Waals surface area contributed by atoms with Crippen molar-refractivity contribution in [3.05, 3.63) is 34.6 Å². The van der Waals surface area contributed by atoms with Crippen LogP contribution in [0.4, 0.5) is 0 Å². The van der Waals surface area contributed by atoms with Crippen LogP contribution in [0, 0.1) is 13.8 Å². The number of nitrogens with zero attached hydrogens (tertiary/aromatic N) is 2. The third kappa shape index (κ3) is 4.46. The minimum absolute atomic E-state index is 0. The van der Waals surface area contributed by atoms with Crippen LogP contribution >= 0.6 is 36.2 Å². The van der Waals surface area contributed by atoms with Crippen molar-refractivity contribution in [1.82, 2.24) is 20.2 Å². The molecule has 0 radical (unpaired) electrons. The molecule has 8 heteroatoms. The fourth-order valence-corrected chi connectivity index (χ4v) is 2.81. The van der Waals surface area contributed by atoms with Gasteiger partial charge in [-0.05, 0) is 33.9 Å². The number of aromatic nitrogens is 2. The lowest BCUT2D eigenvalue weighted by atomic mass is 10.2. The van der Waals surface area contributed by atoms with Crippen molar-refractivity contribution in [3.63, 3.8) is 0 Å². The highest BCUT2D eigenvalue weighted by molar-refractivity contribution is 7.12. The molecule has 1 amide bonds. The Morgan fingerprint density at radius 2 is 2.09 bits per heavy atom. The number of nitrogens with one attached hydrogen (secondary N) is 2. The van der Waals surface area contributed by atoms with Crippen LogP contribution < -0.4 is 10.6 Å². The van der Waals surface area contributed by atoms with E-state index in [9.17, 15) is 4.79 Å². The smallest absolute Gasteiger partial charge is 0.253 e. The van der Waals surface area contributed by atoms with Gasteiger partial charge in [-0.25, -0.2) is 4.98 Å². The summed E-state index contributed by atoms with van der Waals surface area (Å²) >= 11 is 1.56. The van der Waals surface area contributed by atoms with Crippen molar-refractivity contribution < 1.29 is 4.79 Å². The second-order valence-corrected chi connectivity index (χ2v) is 5.71. The van der Waals surface area contributed by atoms with E-state index in [1.807, 2.05) is 43.8 Å². The molecule has 0 saturated heterocycles. The van der Waals surface area contributed by atoms with Gasteiger partial charge in [-0.3, -0.25) is 9.36 Å². The van der Waals surface area contributed by atoms with Crippen molar-refractivity contribution in [1.29, 1.82) is 0 Å². The van der Waals surface area contributed by atoms with Crippen LogP contribution in [-0.4, -0.2) is 35.1 Å². The Hall–Kier alpha value is -1.08. The molecular weight excluding hydrogens is 343 g/mol. The van der Waals surface area contributed by atoms with Crippen molar-refractivity contribution >= 4 is 42.1 Å². The number of carbonyl (C=O) groups is 1. The molecule has 2 rings (SSSR count). The molecule has 2 heterocycles. The Balaban J connectivity index is 0.00000220. The van der Waals surface area contributed by atoms with Gasteiger partial charge in [0.05, 0.1) is 5.56 Å². The molecule has 5 nitrogen and oxygen atoms in total. The maximum absolute atomic E-state index is 12.3. The molecule has 0 aliphatic rings. The number of aryl methyl sites for hydroxylation is 1. The molecular formula is C14H22Cl2N4OS. The first-order valence-corrected chi connectivity index (χ1v) is 7.46.